The number of aryl methyl sites for hydroxylation is 1. The summed E-state index contributed by atoms with van der Waals surface area (Å²) < 4.78 is 23.6. The Kier molecular flexibility index (Phi) is 6.28. The molecule has 0 bridgehead atoms. The highest BCUT2D eigenvalue weighted by atomic mass is 19.1. The lowest BCUT2D eigenvalue weighted by Crippen LogP contribution is -2.28. The van der Waals surface area contributed by atoms with E-state index in [0.717, 1.165) is 23.3 Å². The highest BCUT2D eigenvalue weighted by Gasteiger charge is 2.18. The molecule has 36 heavy (non-hydrogen) atoms. The summed E-state index contributed by atoms with van der Waals surface area (Å²) in [5.74, 6) is 0.688. The molecule has 182 valence electrons. The fraction of sp³-hybridized carbons (Fsp3) is 0.231. The van der Waals surface area contributed by atoms with Crippen molar-refractivity contribution < 1.29 is 9.13 Å². The lowest BCUT2D eigenvalue weighted by Gasteiger charge is -2.21. The molecule has 0 aliphatic heterocycles. The van der Waals surface area contributed by atoms with Crippen LogP contribution in [0.25, 0.3) is 32.9 Å². The molecule has 1 N–H and O–H groups in total. The largest absolute Gasteiger partial charge is 0.489 e. The van der Waals surface area contributed by atoms with Gasteiger partial charge in [0.1, 0.15) is 24.0 Å². The molecule has 0 unspecified atom stereocenters. The molecule has 1 atom stereocenters. The first-order chi connectivity index (χ1) is 17.3. The van der Waals surface area contributed by atoms with Crippen LogP contribution in [0.1, 0.15) is 6.92 Å². The maximum Gasteiger partial charge on any atom is 0.163 e. The summed E-state index contributed by atoms with van der Waals surface area (Å²) in [5.41, 5.74) is 4.29. The Morgan fingerprint density at radius 1 is 1.11 bits per heavy atom. The van der Waals surface area contributed by atoms with E-state index < -0.39 is 0 Å². The number of fused-ring (bicyclic) bond motifs is 2. The maximum absolute atomic E-state index is 15.4. The zero-order valence-corrected chi connectivity index (χ0v) is 21.0. The van der Waals surface area contributed by atoms with Crippen LogP contribution in [0.4, 0.5) is 15.9 Å². The van der Waals surface area contributed by atoms with Crippen LogP contribution in [0, 0.1) is 5.82 Å². The first-order valence-electron chi connectivity index (χ1n) is 11.7. The average molecular weight is 483 g/mol. The summed E-state index contributed by atoms with van der Waals surface area (Å²) in [7, 11) is 7.76. The van der Waals surface area contributed by atoms with Gasteiger partial charge in [-0.1, -0.05) is 6.07 Å². The van der Waals surface area contributed by atoms with E-state index in [-0.39, 0.29) is 11.9 Å². The summed E-state index contributed by atoms with van der Waals surface area (Å²) in [6.07, 6.45) is 5.10. The Morgan fingerprint density at radius 3 is 2.69 bits per heavy atom. The van der Waals surface area contributed by atoms with Crippen molar-refractivity contribution in [2.24, 2.45) is 7.05 Å². The van der Waals surface area contributed by atoms with Crippen LogP contribution in [0.2, 0.25) is 0 Å². The van der Waals surface area contributed by atoms with Crippen LogP contribution in [-0.2, 0) is 7.05 Å². The number of rotatable bonds is 7. The standard InChI is InChI=1S/C26H27BFN7O/c1-15(12-34(2)3)36-22-10-16(17-11-31-35(4)13-17)9-21-24(22)26(30-14-29-21)33-20-7-6-19-18(25(20)28)5-8-23(27)32-19/h5-11,13-15H,12,27H2,1-4H3,(H,29,30,33)/t15-/m1/s1. The Hall–Kier alpha value is -4.05. The second-order valence-electron chi connectivity index (χ2n) is 9.26. The van der Waals surface area contributed by atoms with Crippen molar-refractivity contribution in [2.45, 2.75) is 13.0 Å². The molecule has 0 aliphatic rings. The number of nitrogens with zero attached hydrogens (tertiary/aromatic N) is 6. The third-order valence-electron chi connectivity index (χ3n) is 5.89. The minimum atomic E-state index is -0.387. The number of nitrogens with one attached hydrogen (secondary N) is 1. The molecule has 5 aromatic rings. The molecular weight excluding hydrogens is 456 g/mol. The van der Waals surface area contributed by atoms with Gasteiger partial charge >= 0.3 is 0 Å². The predicted octanol–water partition coefficient (Wildman–Crippen LogP) is 3.05. The molecule has 5 rings (SSSR count). The van der Waals surface area contributed by atoms with Gasteiger partial charge in [0.25, 0.3) is 0 Å². The lowest BCUT2D eigenvalue weighted by atomic mass is 10.0. The second kappa shape index (κ2) is 9.54. The number of aromatic nitrogens is 5. The van der Waals surface area contributed by atoms with Crippen LogP contribution in [-0.4, -0.2) is 64.2 Å². The molecule has 0 saturated heterocycles. The highest BCUT2D eigenvalue weighted by molar-refractivity contribution is 6.31. The van der Waals surface area contributed by atoms with E-state index >= 15 is 4.39 Å². The van der Waals surface area contributed by atoms with Crippen molar-refractivity contribution in [3.8, 4) is 16.9 Å². The van der Waals surface area contributed by atoms with Gasteiger partial charge in [-0.05, 0) is 62.5 Å². The van der Waals surface area contributed by atoms with Crippen LogP contribution in [0.5, 0.6) is 5.75 Å². The van der Waals surface area contributed by atoms with Crippen LogP contribution in [0.3, 0.4) is 0 Å². The number of hydrogen-bond donors (Lipinski definition) is 1. The number of ether oxygens (including phenoxy) is 1. The number of hydrogen-bond acceptors (Lipinski definition) is 7. The topological polar surface area (TPSA) is 81.0 Å². The van der Waals surface area contributed by atoms with Gasteiger partial charge in [-0.2, -0.15) is 5.10 Å². The van der Waals surface area contributed by atoms with Gasteiger partial charge in [-0.25, -0.2) is 14.4 Å². The first-order valence-corrected chi connectivity index (χ1v) is 11.7. The number of likely N-dealkylation sites (N-methyl/N-ethyl adjacent to an activating group) is 1. The van der Waals surface area contributed by atoms with Crippen molar-refractivity contribution >= 4 is 46.8 Å². The van der Waals surface area contributed by atoms with Crippen molar-refractivity contribution in [1.29, 1.82) is 0 Å². The summed E-state index contributed by atoms with van der Waals surface area (Å²) in [6.45, 7) is 2.73. The van der Waals surface area contributed by atoms with Gasteiger partial charge in [-0.3, -0.25) is 9.67 Å². The third kappa shape index (κ3) is 4.72. The predicted molar refractivity (Wildman–Crippen MR) is 144 cm³/mol. The van der Waals surface area contributed by atoms with E-state index in [1.807, 2.05) is 54.2 Å². The monoisotopic (exact) mass is 483 g/mol. The zero-order valence-electron chi connectivity index (χ0n) is 21.0. The number of anilines is 2. The molecule has 2 aromatic carbocycles. The summed E-state index contributed by atoms with van der Waals surface area (Å²) in [4.78, 5) is 15.5. The van der Waals surface area contributed by atoms with Gasteiger partial charge in [0, 0.05) is 30.7 Å². The van der Waals surface area contributed by atoms with Crippen LogP contribution < -0.4 is 15.6 Å². The molecule has 10 heteroatoms. The van der Waals surface area contributed by atoms with Crippen molar-refractivity contribution in [3.63, 3.8) is 0 Å². The van der Waals surface area contributed by atoms with E-state index in [1.165, 1.54) is 6.33 Å². The Balaban J connectivity index is 1.63. The molecule has 3 aromatic heterocycles. The van der Waals surface area contributed by atoms with Gasteiger partial charge in [-0.15, -0.1) is 0 Å². The fourth-order valence-corrected chi connectivity index (χ4v) is 4.34. The van der Waals surface area contributed by atoms with Crippen molar-refractivity contribution in [3.05, 3.63) is 60.9 Å². The second-order valence-corrected chi connectivity index (χ2v) is 9.26. The molecular formula is C26H27BFN7O. The molecule has 3 heterocycles. The van der Waals surface area contributed by atoms with E-state index in [9.17, 15) is 0 Å². The maximum atomic E-state index is 15.4. The van der Waals surface area contributed by atoms with Gasteiger partial charge in [0.05, 0.1) is 28.3 Å². The fourth-order valence-electron chi connectivity index (χ4n) is 4.34. The Labute approximate surface area is 209 Å². The summed E-state index contributed by atoms with van der Waals surface area (Å²) in [6, 6.07) is 10.9. The normalized spacial score (nSPS) is 12.4. The molecule has 8 nitrogen and oxygen atoms in total. The first kappa shape index (κ1) is 23.7. The number of halogens is 1. The minimum absolute atomic E-state index is 0.105. The molecule has 0 amide bonds. The van der Waals surface area contributed by atoms with Gasteiger partial charge in [0.2, 0.25) is 0 Å². The SMILES string of the molecule is Bc1ccc2c(F)c(Nc3ncnc4cc(-c5cnn(C)c5)cc(O[C@H](C)CN(C)C)c34)ccc2n1. The van der Waals surface area contributed by atoms with E-state index in [1.54, 1.807) is 35.1 Å². The van der Waals surface area contributed by atoms with E-state index in [0.29, 0.717) is 39.1 Å². The molecule has 0 saturated carbocycles. The molecule has 0 radical (unpaired) electrons. The molecule has 0 aliphatic carbocycles. The third-order valence-corrected chi connectivity index (χ3v) is 5.89. The number of pyridine rings is 1. The van der Waals surface area contributed by atoms with Crippen LogP contribution >= 0.6 is 0 Å². The van der Waals surface area contributed by atoms with E-state index in [4.69, 9.17) is 4.74 Å². The lowest BCUT2D eigenvalue weighted by molar-refractivity contribution is 0.179. The quantitative estimate of drug-likeness (QED) is 0.357. The zero-order chi connectivity index (χ0) is 25.4. The van der Waals surface area contributed by atoms with Crippen molar-refractivity contribution in [2.75, 3.05) is 26.0 Å². The van der Waals surface area contributed by atoms with Gasteiger partial charge in [0.15, 0.2) is 13.7 Å². The Bertz CT molecular complexity index is 1570. The van der Waals surface area contributed by atoms with Crippen LogP contribution in [0.15, 0.2) is 55.1 Å². The summed E-state index contributed by atoms with van der Waals surface area (Å²) in [5, 5.41) is 8.59. The number of benzene rings is 2. The van der Waals surface area contributed by atoms with E-state index in [2.05, 4.69) is 30.3 Å². The smallest absolute Gasteiger partial charge is 0.163 e. The van der Waals surface area contributed by atoms with Gasteiger partial charge < -0.3 is 15.0 Å². The molecule has 0 fully saturated rings. The summed E-state index contributed by atoms with van der Waals surface area (Å²) >= 11 is 0. The minimum Gasteiger partial charge on any atom is -0.489 e. The molecule has 0 spiro atoms. The van der Waals surface area contributed by atoms with Crippen molar-refractivity contribution in [1.82, 2.24) is 29.6 Å². The average Bonchev–Trinajstić information content (AvgIpc) is 3.26. The Morgan fingerprint density at radius 2 is 1.94 bits per heavy atom. The highest BCUT2D eigenvalue weighted by Crippen LogP contribution is 2.37.